The molecule has 0 saturated heterocycles. The van der Waals surface area contributed by atoms with E-state index in [1.54, 1.807) is 11.3 Å². The average molecular weight is 297 g/mol. The summed E-state index contributed by atoms with van der Waals surface area (Å²) < 4.78 is 1.19. The molecule has 2 rings (SSSR count). The molecule has 0 amide bonds. The predicted molar refractivity (Wildman–Crippen MR) is 73.1 cm³/mol. The van der Waals surface area contributed by atoms with Crippen molar-refractivity contribution in [2.24, 2.45) is 0 Å². The highest BCUT2D eigenvalue weighted by atomic mass is 79.9. The summed E-state index contributed by atoms with van der Waals surface area (Å²) in [7, 11) is 0. The molecule has 84 valence electrons. The Labute approximate surface area is 108 Å². The Morgan fingerprint density at radius 1 is 1.31 bits per heavy atom. The molecule has 1 aromatic carbocycles. The monoisotopic (exact) mass is 296 g/mol. The maximum Gasteiger partial charge on any atom is 0.112 e. The summed E-state index contributed by atoms with van der Waals surface area (Å²) in [5.74, 6) is 0. The van der Waals surface area contributed by atoms with Crippen LogP contribution < -0.4 is 5.32 Å². The molecule has 4 heteroatoms. The van der Waals surface area contributed by atoms with Crippen LogP contribution in [0.5, 0.6) is 0 Å². The van der Waals surface area contributed by atoms with E-state index in [0.717, 1.165) is 17.2 Å². The Kier molecular flexibility index (Phi) is 3.61. The molecule has 1 N–H and O–H groups in total. The zero-order valence-corrected chi connectivity index (χ0v) is 11.7. The van der Waals surface area contributed by atoms with Crippen molar-refractivity contribution in [1.29, 1.82) is 0 Å². The number of halogens is 1. The van der Waals surface area contributed by atoms with Gasteiger partial charge < -0.3 is 5.32 Å². The SMILES string of the molecule is Cc1cc(NCc2nccs2)cc(C)c1Br. The highest BCUT2D eigenvalue weighted by molar-refractivity contribution is 9.10. The standard InChI is InChI=1S/C12H13BrN2S/c1-8-5-10(6-9(2)12(8)13)15-7-11-14-3-4-16-11/h3-6,15H,7H2,1-2H3. The number of anilines is 1. The van der Waals surface area contributed by atoms with Gasteiger partial charge in [0, 0.05) is 21.7 Å². The second kappa shape index (κ2) is 4.97. The van der Waals surface area contributed by atoms with Gasteiger partial charge in [-0.3, -0.25) is 0 Å². The number of hydrogen-bond donors (Lipinski definition) is 1. The molecule has 1 aromatic heterocycles. The number of aromatic nitrogens is 1. The van der Waals surface area contributed by atoms with E-state index in [4.69, 9.17) is 0 Å². The number of benzene rings is 1. The molecule has 0 fully saturated rings. The molecule has 0 bridgehead atoms. The van der Waals surface area contributed by atoms with Gasteiger partial charge in [-0.05, 0) is 37.1 Å². The molecule has 0 atom stereocenters. The van der Waals surface area contributed by atoms with E-state index in [2.05, 4.69) is 52.2 Å². The summed E-state index contributed by atoms with van der Waals surface area (Å²) in [5.41, 5.74) is 3.65. The van der Waals surface area contributed by atoms with Crippen LogP contribution in [0.3, 0.4) is 0 Å². The van der Waals surface area contributed by atoms with E-state index in [1.165, 1.54) is 15.6 Å². The Hall–Kier alpha value is -0.870. The summed E-state index contributed by atoms with van der Waals surface area (Å²) in [5, 5.41) is 6.49. The van der Waals surface area contributed by atoms with Crippen molar-refractivity contribution >= 4 is 33.0 Å². The average Bonchev–Trinajstić information content (AvgIpc) is 2.75. The van der Waals surface area contributed by atoms with Crippen LogP contribution in [0.2, 0.25) is 0 Å². The summed E-state index contributed by atoms with van der Waals surface area (Å²) in [4.78, 5) is 4.24. The van der Waals surface area contributed by atoms with E-state index in [0.29, 0.717) is 0 Å². The number of thiazole rings is 1. The number of aryl methyl sites for hydroxylation is 2. The summed E-state index contributed by atoms with van der Waals surface area (Å²) >= 11 is 5.24. The van der Waals surface area contributed by atoms with Crippen molar-refractivity contribution in [2.75, 3.05) is 5.32 Å². The quantitative estimate of drug-likeness (QED) is 0.921. The van der Waals surface area contributed by atoms with E-state index in [-0.39, 0.29) is 0 Å². The second-order valence-electron chi connectivity index (χ2n) is 3.70. The van der Waals surface area contributed by atoms with Gasteiger partial charge in [0.1, 0.15) is 5.01 Å². The van der Waals surface area contributed by atoms with Gasteiger partial charge in [-0.2, -0.15) is 0 Å². The fraction of sp³-hybridized carbons (Fsp3) is 0.250. The normalized spacial score (nSPS) is 10.4. The second-order valence-corrected chi connectivity index (χ2v) is 5.48. The molecule has 0 radical (unpaired) electrons. The van der Waals surface area contributed by atoms with Gasteiger partial charge in [0.2, 0.25) is 0 Å². The molecular formula is C12H13BrN2S. The first kappa shape index (κ1) is 11.6. The van der Waals surface area contributed by atoms with Crippen molar-refractivity contribution in [3.63, 3.8) is 0 Å². The van der Waals surface area contributed by atoms with Gasteiger partial charge in [-0.25, -0.2) is 4.98 Å². The molecule has 0 unspecified atom stereocenters. The van der Waals surface area contributed by atoms with Crippen molar-refractivity contribution in [3.05, 3.63) is 44.3 Å². The van der Waals surface area contributed by atoms with Gasteiger partial charge in [0.15, 0.2) is 0 Å². The van der Waals surface area contributed by atoms with Crippen LogP contribution in [0.4, 0.5) is 5.69 Å². The van der Waals surface area contributed by atoms with Crippen LogP contribution in [-0.4, -0.2) is 4.98 Å². The Bertz CT molecular complexity index is 457. The van der Waals surface area contributed by atoms with Crippen LogP contribution in [0.1, 0.15) is 16.1 Å². The minimum absolute atomic E-state index is 0.790. The maximum absolute atomic E-state index is 4.24. The third-order valence-corrected chi connectivity index (χ3v) is 4.39. The van der Waals surface area contributed by atoms with Crippen LogP contribution in [0.15, 0.2) is 28.2 Å². The van der Waals surface area contributed by atoms with Crippen LogP contribution in [0, 0.1) is 13.8 Å². The predicted octanol–water partition coefficient (Wildman–Crippen LogP) is 4.13. The van der Waals surface area contributed by atoms with Crippen LogP contribution in [0.25, 0.3) is 0 Å². The largest absolute Gasteiger partial charge is 0.379 e. The molecule has 2 aromatic rings. The Morgan fingerprint density at radius 2 is 2.00 bits per heavy atom. The molecular weight excluding hydrogens is 284 g/mol. The summed E-state index contributed by atoms with van der Waals surface area (Å²) in [6, 6.07) is 4.29. The first-order chi connectivity index (χ1) is 7.66. The summed E-state index contributed by atoms with van der Waals surface area (Å²) in [6.07, 6.45) is 1.83. The molecule has 0 aliphatic rings. The summed E-state index contributed by atoms with van der Waals surface area (Å²) in [6.45, 7) is 5.00. The lowest BCUT2D eigenvalue weighted by atomic mass is 10.1. The fourth-order valence-corrected chi connectivity index (χ4v) is 2.35. The van der Waals surface area contributed by atoms with Crippen LogP contribution >= 0.6 is 27.3 Å². The molecule has 16 heavy (non-hydrogen) atoms. The van der Waals surface area contributed by atoms with Crippen LogP contribution in [-0.2, 0) is 6.54 Å². The van der Waals surface area contributed by atoms with Crippen molar-refractivity contribution in [2.45, 2.75) is 20.4 Å². The van der Waals surface area contributed by atoms with Gasteiger partial charge in [-0.15, -0.1) is 11.3 Å². The molecule has 0 spiro atoms. The minimum Gasteiger partial charge on any atom is -0.379 e. The lowest BCUT2D eigenvalue weighted by Crippen LogP contribution is -1.99. The minimum atomic E-state index is 0.790. The van der Waals surface area contributed by atoms with Crippen molar-refractivity contribution < 1.29 is 0 Å². The van der Waals surface area contributed by atoms with Gasteiger partial charge in [0.05, 0.1) is 6.54 Å². The molecule has 2 nitrogen and oxygen atoms in total. The van der Waals surface area contributed by atoms with Crippen molar-refractivity contribution in [3.8, 4) is 0 Å². The number of rotatable bonds is 3. The van der Waals surface area contributed by atoms with Gasteiger partial charge in [-0.1, -0.05) is 15.9 Å². The van der Waals surface area contributed by atoms with Gasteiger partial charge >= 0.3 is 0 Å². The highest BCUT2D eigenvalue weighted by Crippen LogP contribution is 2.25. The smallest absolute Gasteiger partial charge is 0.112 e. The first-order valence-corrected chi connectivity index (χ1v) is 6.73. The third kappa shape index (κ3) is 2.62. The third-order valence-electron chi connectivity index (χ3n) is 2.36. The maximum atomic E-state index is 4.24. The first-order valence-electron chi connectivity index (χ1n) is 5.06. The molecule has 0 saturated carbocycles. The molecule has 0 aliphatic heterocycles. The lowest BCUT2D eigenvalue weighted by Gasteiger charge is -2.09. The Morgan fingerprint density at radius 3 is 2.56 bits per heavy atom. The van der Waals surface area contributed by atoms with Crippen molar-refractivity contribution in [1.82, 2.24) is 4.98 Å². The Balaban J connectivity index is 2.10. The van der Waals surface area contributed by atoms with E-state index < -0.39 is 0 Å². The van der Waals surface area contributed by atoms with Gasteiger partial charge in [0.25, 0.3) is 0 Å². The zero-order valence-electron chi connectivity index (χ0n) is 9.25. The lowest BCUT2D eigenvalue weighted by molar-refractivity contribution is 1.10. The number of hydrogen-bond acceptors (Lipinski definition) is 3. The molecule has 1 heterocycles. The van der Waals surface area contributed by atoms with E-state index in [9.17, 15) is 0 Å². The number of nitrogens with one attached hydrogen (secondary N) is 1. The van der Waals surface area contributed by atoms with E-state index in [1.807, 2.05) is 11.6 Å². The molecule has 0 aliphatic carbocycles. The highest BCUT2D eigenvalue weighted by Gasteiger charge is 2.02. The number of nitrogens with zero attached hydrogens (tertiary/aromatic N) is 1. The fourth-order valence-electron chi connectivity index (χ4n) is 1.57. The zero-order chi connectivity index (χ0) is 11.5. The topological polar surface area (TPSA) is 24.9 Å². The van der Waals surface area contributed by atoms with E-state index >= 15 is 0 Å².